The van der Waals surface area contributed by atoms with Crippen LogP contribution in [0.5, 0.6) is 0 Å². The van der Waals surface area contributed by atoms with Gasteiger partial charge in [-0.1, -0.05) is 11.6 Å². The Morgan fingerprint density at radius 3 is 2.41 bits per heavy atom. The molecule has 1 aromatic heterocycles. The number of benzene rings is 3. The molecule has 0 aliphatic carbocycles. The number of hydrogen-bond acceptors (Lipinski definition) is 6. The summed E-state index contributed by atoms with van der Waals surface area (Å²) in [6.45, 7) is 2.47. The minimum absolute atomic E-state index is 0.0444. The van der Waals surface area contributed by atoms with Gasteiger partial charge in [-0.3, -0.25) is 14.6 Å². The molecule has 0 unspecified atom stereocenters. The summed E-state index contributed by atoms with van der Waals surface area (Å²) in [7, 11) is 0. The molecule has 39 heavy (non-hydrogen) atoms. The quantitative estimate of drug-likeness (QED) is 0.248. The number of ketones is 1. The standard InChI is InChI=1S/C27H19ClF4N4O3/c28-20-5-1-16(11-19(20)27(30,31)32)26(38)34-17-3-4-18(21(29)13-17)25(37)15-2-6-22-23(12-15)35-24(14-33-22)36-7-9-39-10-8-36/h1-6,11-14H,7-10H2,(H,34,38). The van der Waals surface area contributed by atoms with E-state index in [-0.39, 0.29) is 22.4 Å². The van der Waals surface area contributed by atoms with Gasteiger partial charge in [-0.05, 0) is 54.6 Å². The molecule has 1 saturated heterocycles. The number of aromatic nitrogens is 2. The Balaban J connectivity index is 1.35. The molecule has 1 aliphatic rings. The van der Waals surface area contributed by atoms with Crippen LogP contribution in [-0.2, 0) is 10.9 Å². The maximum absolute atomic E-state index is 14.9. The van der Waals surface area contributed by atoms with E-state index in [0.29, 0.717) is 49.2 Å². The smallest absolute Gasteiger partial charge is 0.378 e. The Bertz CT molecular complexity index is 1590. The van der Waals surface area contributed by atoms with Crippen LogP contribution in [0.3, 0.4) is 0 Å². The van der Waals surface area contributed by atoms with Crippen molar-refractivity contribution in [3.05, 3.63) is 93.9 Å². The molecule has 5 rings (SSSR count). The van der Waals surface area contributed by atoms with Gasteiger partial charge in [0.1, 0.15) is 11.6 Å². The third-order valence-corrected chi connectivity index (χ3v) is 6.46. The number of fused-ring (bicyclic) bond motifs is 1. The molecule has 3 aromatic carbocycles. The average Bonchev–Trinajstić information content (AvgIpc) is 2.92. The molecule has 1 amide bonds. The molecule has 4 aromatic rings. The van der Waals surface area contributed by atoms with Gasteiger partial charge in [0.2, 0.25) is 0 Å². The summed E-state index contributed by atoms with van der Waals surface area (Å²) in [5.74, 6) is -1.79. The Morgan fingerprint density at radius 1 is 0.949 bits per heavy atom. The Hall–Kier alpha value is -4.09. The number of amides is 1. The number of ether oxygens (including phenoxy) is 1. The molecule has 0 radical (unpaired) electrons. The first-order chi connectivity index (χ1) is 18.6. The second kappa shape index (κ2) is 10.6. The summed E-state index contributed by atoms with van der Waals surface area (Å²) in [6.07, 6.45) is -3.10. The highest BCUT2D eigenvalue weighted by Gasteiger charge is 2.34. The van der Waals surface area contributed by atoms with Crippen molar-refractivity contribution >= 4 is 45.8 Å². The molecular weight excluding hydrogens is 540 g/mol. The van der Waals surface area contributed by atoms with Crippen molar-refractivity contribution in [3.63, 3.8) is 0 Å². The molecular formula is C27H19ClF4N4O3. The first kappa shape index (κ1) is 26.5. The van der Waals surface area contributed by atoms with Gasteiger partial charge in [-0.2, -0.15) is 13.2 Å². The van der Waals surface area contributed by atoms with E-state index in [0.717, 1.165) is 18.2 Å². The zero-order valence-electron chi connectivity index (χ0n) is 20.1. The molecule has 1 fully saturated rings. The fourth-order valence-electron chi connectivity index (χ4n) is 4.11. The number of halogens is 5. The number of hydrogen-bond donors (Lipinski definition) is 1. The molecule has 0 bridgehead atoms. The fourth-order valence-corrected chi connectivity index (χ4v) is 4.33. The molecule has 12 heteroatoms. The van der Waals surface area contributed by atoms with Gasteiger partial charge < -0.3 is 15.0 Å². The predicted octanol–water partition coefficient (Wildman–Crippen LogP) is 5.76. The van der Waals surface area contributed by atoms with E-state index in [1.165, 1.54) is 24.3 Å². The van der Waals surface area contributed by atoms with Crippen LogP contribution in [0.2, 0.25) is 5.02 Å². The molecule has 7 nitrogen and oxygen atoms in total. The molecule has 0 spiro atoms. The molecule has 200 valence electrons. The highest BCUT2D eigenvalue weighted by Crippen LogP contribution is 2.35. The van der Waals surface area contributed by atoms with Crippen LogP contribution in [-0.4, -0.2) is 48.0 Å². The number of nitrogens with zero attached hydrogens (tertiary/aromatic N) is 3. The molecule has 1 aliphatic heterocycles. The summed E-state index contributed by atoms with van der Waals surface area (Å²) in [5, 5.41) is 1.78. The second-order valence-electron chi connectivity index (χ2n) is 8.70. The number of anilines is 2. The Labute approximate surface area is 224 Å². The zero-order valence-corrected chi connectivity index (χ0v) is 20.8. The maximum atomic E-state index is 14.9. The van der Waals surface area contributed by atoms with E-state index in [1.807, 2.05) is 4.90 Å². The number of alkyl halides is 3. The predicted molar refractivity (Wildman–Crippen MR) is 137 cm³/mol. The maximum Gasteiger partial charge on any atom is 0.417 e. The number of nitrogens with one attached hydrogen (secondary N) is 1. The van der Waals surface area contributed by atoms with Gasteiger partial charge in [0.15, 0.2) is 5.78 Å². The van der Waals surface area contributed by atoms with E-state index in [9.17, 15) is 27.2 Å². The molecule has 0 atom stereocenters. The van der Waals surface area contributed by atoms with E-state index >= 15 is 0 Å². The van der Waals surface area contributed by atoms with Crippen molar-refractivity contribution in [2.45, 2.75) is 6.18 Å². The second-order valence-corrected chi connectivity index (χ2v) is 9.11. The Morgan fingerprint density at radius 2 is 1.69 bits per heavy atom. The minimum atomic E-state index is -4.75. The van der Waals surface area contributed by atoms with Crippen LogP contribution >= 0.6 is 11.6 Å². The third-order valence-electron chi connectivity index (χ3n) is 6.13. The van der Waals surface area contributed by atoms with E-state index in [4.69, 9.17) is 16.3 Å². The van der Waals surface area contributed by atoms with Gasteiger partial charge >= 0.3 is 6.18 Å². The topological polar surface area (TPSA) is 84.4 Å². The number of morpholine rings is 1. The highest BCUT2D eigenvalue weighted by atomic mass is 35.5. The van der Waals surface area contributed by atoms with Crippen molar-refractivity contribution in [1.82, 2.24) is 9.97 Å². The summed E-state index contributed by atoms with van der Waals surface area (Å²) < 4.78 is 59.6. The van der Waals surface area contributed by atoms with Crippen LogP contribution in [0.15, 0.2) is 60.8 Å². The van der Waals surface area contributed by atoms with Crippen molar-refractivity contribution in [1.29, 1.82) is 0 Å². The monoisotopic (exact) mass is 558 g/mol. The lowest BCUT2D eigenvalue weighted by molar-refractivity contribution is -0.137. The van der Waals surface area contributed by atoms with Crippen molar-refractivity contribution in [2.75, 3.05) is 36.5 Å². The van der Waals surface area contributed by atoms with Crippen LogP contribution in [0.1, 0.15) is 31.8 Å². The summed E-state index contributed by atoms with van der Waals surface area (Å²) in [4.78, 5) is 36.6. The minimum Gasteiger partial charge on any atom is -0.378 e. The number of carbonyl (C=O) groups excluding carboxylic acids is 2. The SMILES string of the molecule is O=C(Nc1ccc(C(=O)c2ccc3ncc(N4CCOCC4)nc3c2)c(F)c1)c1ccc(Cl)c(C(F)(F)F)c1. The van der Waals surface area contributed by atoms with Gasteiger partial charge in [-0.25, -0.2) is 9.37 Å². The van der Waals surface area contributed by atoms with Gasteiger partial charge in [-0.15, -0.1) is 0 Å². The summed E-state index contributed by atoms with van der Waals surface area (Å²) in [5.41, 5.74) is -0.560. The fraction of sp³-hybridized carbons (Fsp3) is 0.185. The van der Waals surface area contributed by atoms with Gasteiger partial charge in [0.05, 0.1) is 46.6 Å². The molecule has 1 N–H and O–H groups in total. The average molecular weight is 559 g/mol. The van der Waals surface area contributed by atoms with Crippen molar-refractivity contribution in [2.24, 2.45) is 0 Å². The number of carbonyl (C=O) groups is 2. The first-order valence-electron chi connectivity index (χ1n) is 11.7. The first-order valence-corrected chi connectivity index (χ1v) is 12.1. The lowest BCUT2D eigenvalue weighted by Crippen LogP contribution is -2.36. The van der Waals surface area contributed by atoms with Crippen molar-refractivity contribution in [3.8, 4) is 0 Å². The molecule has 2 heterocycles. The van der Waals surface area contributed by atoms with Crippen LogP contribution < -0.4 is 10.2 Å². The van der Waals surface area contributed by atoms with E-state index in [2.05, 4.69) is 15.3 Å². The van der Waals surface area contributed by atoms with E-state index < -0.39 is 34.3 Å². The molecule has 0 saturated carbocycles. The van der Waals surface area contributed by atoms with Gasteiger partial charge in [0.25, 0.3) is 5.91 Å². The normalized spacial score (nSPS) is 13.9. The summed E-state index contributed by atoms with van der Waals surface area (Å²) >= 11 is 5.59. The Kier molecular flexibility index (Phi) is 7.19. The van der Waals surface area contributed by atoms with E-state index in [1.54, 1.807) is 12.3 Å². The number of rotatable bonds is 5. The van der Waals surface area contributed by atoms with Gasteiger partial charge in [0, 0.05) is 29.9 Å². The lowest BCUT2D eigenvalue weighted by atomic mass is 10.0. The third kappa shape index (κ3) is 5.69. The highest BCUT2D eigenvalue weighted by molar-refractivity contribution is 6.31. The lowest BCUT2D eigenvalue weighted by Gasteiger charge is -2.27. The summed E-state index contributed by atoms with van der Waals surface area (Å²) in [6, 6.07) is 10.7. The van der Waals surface area contributed by atoms with Crippen LogP contribution in [0.25, 0.3) is 11.0 Å². The van der Waals surface area contributed by atoms with Crippen molar-refractivity contribution < 1.29 is 31.9 Å². The zero-order chi connectivity index (χ0) is 27.7. The van der Waals surface area contributed by atoms with Crippen LogP contribution in [0.4, 0.5) is 29.1 Å². The largest absolute Gasteiger partial charge is 0.417 e. The van der Waals surface area contributed by atoms with Crippen LogP contribution in [0, 0.1) is 5.82 Å².